The van der Waals surface area contributed by atoms with Crippen LogP contribution in [0.4, 0.5) is 0 Å². The van der Waals surface area contributed by atoms with Crippen molar-refractivity contribution in [1.82, 2.24) is 0 Å². The molecule has 1 atom stereocenters. The van der Waals surface area contributed by atoms with Crippen molar-refractivity contribution in [1.29, 1.82) is 0 Å². The summed E-state index contributed by atoms with van der Waals surface area (Å²) in [5.41, 5.74) is 11.2. The highest BCUT2D eigenvalue weighted by Crippen LogP contribution is 2.38. The molecule has 2 amide bonds. The zero-order chi connectivity index (χ0) is 20.4. The van der Waals surface area contributed by atoms with Gasteiger partial charge in [-0.05, 0) is 34.4 Å². The van der Waals surface area contributed by atoms with Crippen molar-refractivity contribution < 1.29 is 19.5 Å². The number of nitrogens with two attached hydrogens (primary N) is 2. The van der Waals surface area contributed by atoms with E-state index in [0.29, 0.717) is 17.5 Å². The third kappa shape index (κ3) is 5.31. The number of hydrogen-bond donors (Lipinski definition) is 3. The van der Waals surface area contributed by atoms with Gasteiger partial charge >= 0.3 is 0 Å². The molecule has 6 nitrogen and oxygen atoms in total. The molecular weight excluding hydrogens is 332 g/mol. The number of phenolic OH excluding ortho intramolecular Hbond substituents is 1. The quantitative estimate of drug-likeness (QED) is 0.672. The summed E-state index contributed by atoms with van der Waals surface area (Å²) in [7, 11) is 0. The number of phenols is 1. The number of Topliss-reactive ketones (excluding diaryl/α,β-unsaturated/α-hetero) is 1. The molecule has 0 saturated carbocycles. The first-order valence-corrected chi connectivity index (χ1v) is 8.61. The zero-order valence-electron chi connectivity index (χ0n) is 16.4. The summed E-state index contributed by atoms with van der Waals surface area (Å²) in [5.74, 6) is -4.97. The van der Waals surface area contributed by atoms with E-state index in [1.54, 1.807) is 12.1 Å². The molecule has 6 heteroatoms. The summed E-state index contributed by atoms with van der Waals surface area (Å²) < 4.78 is 0. The molecule has 1 unspecified atom stereocenters. The topological polar surface area (TPSA) is 123 Å². The predicted octanol–water partition coefficient (Wildman–Crippen LogP) is 2.37. The normalized spacial score (nSPS) is 13.5. The van der Waals surface area contributed by atoms with Gasteiger partial charge in [0.15, 0.2) is 11.7 Å². The van der Waals surface area contributed by atoms with Gasteiger partial charge in [-0.25, -0.2) is 0 Å². The first-order valence-electron chi connectivity index (χ1n) is 8.61. The van der Waals surface area contributed by atoms with E-state index >= 15 is 0 Å². The lowest BCUT2D eigenvalue weighted by Gasteiger charge is -2.28. The molecule has 0 aromatic heterocycles. The number of carbonyl (C=O) groups is 3. The average Bonchev–Trinajstić information content (AvgIpc) is 2.42. The fraction of sp³-hybridized carbons (Fsp3) is 0.550. The minimum atomic E-state index is -1.67. The van der Waals surface area contributed by atoms with Crippen LogP contribution in [0.2, 0.25) is 0 Å². The Labute approximate surface area is 154 Å². The fourth-order valence-corrected chi connectivity index (χ4v) is 2.99. The second-order valence-corrected chi connectivity index (χ2v) is 8.98. The lowest BCUT2D eigenvalue weighted by Crippen LogP contribution is -2.43. The van der Waals surface area contributed by atoms with Crippen LogP contribution in [0.1, 0.15) is 65.0 Å². The van der Waals surface area contributed by atoms with Gasteiger partial charge in [0.25, 0.3) is 0 Å². The van der Waals surface area contributed by atoms with E-state index in [9.17, 15) is 19.5 Å². The highest BCUT2D eigenvalue weighted by Gasteiger charge is 2.38. The van der Waals surface area contributed by atoms with Crippen LogP contribution in [-0.2, 0) is 19.8 Å². The minimum absolute atomic E-state index is 0.129. The number of carbonyl (C=O) groups excluding carboxylic acids is 3. The van der Waals surface area contributed by atoms with Gasteiger partial charge in [0.05, 0.1) is 0 Å². The third-order valence-electron chi connectivity index (χ3n) is 4.24. The Morgan fingerprint density at radius 2 is 1.50 bits per heavy atom. The highest BCUT2D eigenvalue weighted by atomic mass is 16.3. The number of rotatable bonds is 6. The zero-order valence-corrected chi connectivity index (χ0v) is 16.4. The molecule has 144 valence electrons. The summed E-state index contributed by atoms with van der Waals surface area (Å²) in [6.07, 6.45) is 0.400. The standard InChI is InChI=1S/C20H30N2O4/c1-19(2,3)10-12(16(24)15(17(21)25)18(22)26)11-7-8-14(23)13(9-11)20(4,5)6/h7-9,12,15,23H,10H2,1-6H3,(H2,21,25)(H2,22,26). The molecule has 1 aromatic rings. The van der Waals surface area contributed by atoms with Crippen molar-refractivity contribution in [3.63, 3.8) is 0 Å². The van der Waals surface area contributed by atoms with Gasteiger partial charge < -0.3 is 16.6 Å². The predicted molar refractivity (Wildman–Crippen MR) is 101 cm³/mol. The maximum absolute atomic E-state index is 13.0. The molecule has 5 N–H and O–H groups in total. The molecule has 1 aromatic carbocycles. The van der Waals surface area contributed by atoms with Crippen LogP contribution in [-0.4, -0.2) is 22.7 Å². The van der Waals surface area contributed by atoms with E-state index in [4.69, 9.17) is 11.5 Å². The second-order valence-electron chi connectivity index (χ2n) is 8.98. The van der Waals surface area contributed by atoms with Crippen LogP contribution < -0.4 is 11.5 Å². The van der Waals surface area contributed by atoms with E-state index in [1.807, 2.05) is 41.5 Å². The summed E-state index contributed by atoms with van der Waals surface area (Å²) in [6.45, 7) is 11.7. The van der Waals surface area contributed by atoms with E-state index in [-0.39, 0.29) is 16.6 Å². The van der Waals surface area contributed by atoms with Crippen molar-refractivity contribution in [3.8, 4) is 5.75 Å². The number of amides is 2. The molecule has 0 aliphatic heterocycles. The van der Waals surface area contributed by atoms with E-state index in [1.165, 1.54) is 6.07 Å². The lowest BCUT2D eigenvalue weighted by atomic mass is 9.75. The van der Waals surface area contributed by atoms with Crippen molar-refractivity contribution in [2.75, 3.05) is 0 Å². The molecule has 0 spiro atoms. The molecule has 0 fully saturated rings. The summed E-state index contributed by atoms with van der Waals surface area (Å²) in [6, 6.07) is 4.92. The molecule has 26 heavy (non-hydrogen) atoms. The fourth-order valence-electron chi connectivity index (χ4n) is 2.99. The smallest absolute Gasteiger partial charge is 0.237 e. The molecule has 0 radical (unpaired) electrons. The first kappa shape index (κ1) is 21.7. The number of benzene rings is 1. The first-order chi connectivity index (χ1) is 11.6. The number of hydrogen-bond acceptors (Lipinski definition) is 4. The minimum Gasteiger partial charge on any atom is -0.508 e. The van der Waals surface area contributed by atoms with Gasteiger partial charge in [-0.15, -0.1) is 0 Å². The van der Waals surface area contributed by atoms with Crippen LogP contribution in [0.5, 0.6) is 5.75 Å². The number of ketones is 1. The monoisotopic (exact) mass is 362 g/mol. The van der Waals surface area contributed by atoms with Crippen LogP contribution in [0.3, 0.4) is 0 Å². The average molecular weight is 362 g/mol. The summed E-state index contributed by atoms with van der Waals surface area (Å²) in [5, 5.41) is 10.2. The van der Waals surface area contributed by atoms with Crippen molar-refractivity contribution in [2.45, 2.75) is 59.3 Å². The van der Waals surface area contributed by atoms with Crippen LogP contribution in [0.25, 0.3) is 0 Å². The van der Waals surface area contributed by atoms with Crippen molar-refractivity contribution in [3.05, 3.63) is 29.3 Å². The molecular formula is C20H30N2O4. The molecule has 0 saturated heterocycles. The number of aromatic hydroxyl groups is 1. The van der Waals surface area contributed by atoms with Gasteiger partial charge in [-0.3, -0.25) is 14.4 Å². The maximum atomic E-state index is 13.0. The van der Waals surface area contributed by atoms with Crippen LogP contribution >= 0.6 is 0 Å². The molecule has 1 rings (SSSR count). The van der Waals surface area contributed by atoms with Gasteiger partial charge in [0, 0.05) is 5.92 Å². The Balaban J connectivity index is 3.51. The Morgan fingerprint density at radius 3 is 1.88 bits per heavy atom. The van der Waals surface area contributed by atoms with Gasteiger partial charge in [0.1, 0.15) is 5.75 Å². The van der Waals surface area contributed by atoms with Crippen LogP contribution in [0.15, 0.2) is 18.2 Å². The van der Waals surface area contributed by atoms with E-state index in [2.05, 4.69) is 0 Å². The van der Waals surface area contributed by atoms with E-state index < -0.39 is 29.4 Å². The second kappa shape index (κ2) is 7.48. The maximum Gasteiger partial charge on any atom is 0.237 e. The lowest BCUT2D eigenvalue weighted by molar-refractivity contribution is -0.140. The molecule has 0 aliphatic carbocycles. The van der Waals surface area contributed by atoms with Gasteiger partial charge in [-0.2, -0.15) is 0 Å². The molecule has 0 aliphatic rings. The van der Waals surface area contributed by atoms with Crippen molar-refractivity contribution in [2.24, 2.45) is 22.8 Å². The van der Waals surface area contributed by atoms with Gasteiger partial charge in [-0.1, -0.05) is 53.7 Å². The Morgan fingerprint density at radius 1 is 1.00 bits per heavy atom. The SMILES string of the molecule is CC(C)(C)CC(C(=O)C(C(N)=O)C(N)=O)c1ccc(O)c(C(C)(C)C)c1. The Kier molecular flexibility index (Phi) is 6.23. The van der Waals surface area contributed by atoms with Crippen molar-refractivity contribution >= 4 is 17.6 Å². The van der Waals surface area contributed by atoms with Crippen LogP contribution in [0, 0.1) is 11.3 Å². The molecule has 0 bridgehead atoms. The highest BCUT2D eigenvalue weighted by molar-refractivity contribution is 6.18. The molecule has 0 heterocycles. The summed E-state index contributed by atoms with van der Waals surface area (Å²) in [4.78, 5) is 36.2. The Bertz CT molecular complexity index is 698. The third-order valence-corrected chi connectivity index (χ3v) is 4.24. The number of primary amides is 2. The van der Waals surface area contributed by atoms with E-state index in [0.717, 1.165) is 0 Å². The largest absolute Gasteiger partial charge is 0.508 e. The Hall–Kier alpha value is -2.37. The summed E-state index contributed by atoms with van der Waals surface area (Å²) >= 11 is 0. The van der Waals surface area contributed by atoms with Gasteiger partial charge in [0.2, 0.25) is 11.8 Å².